The van der Waals surface area contributed by atoms with Gasteiger partial charge in [0, 0.05) is 30.2 Å². The molecule has 0 aromatic heterocycles. The van der Waals surface area contributed by atoms with Gasteiger partial charge >= 0.3 is 0 Å². The first-order chi connectivity index (χ1) is 22.1. The highest BCUT2D eigenvalue weighted by Gasteiger charge is 2.36. The number of nitrogens with one attached hydrogen (secondary N) is 1. The molecule has 2 fully saturated rings. The fraction of sp³-hybridized carbons (Fsp3) is 0.429. The predicted octanol–water partition coefficient (Wildman–Crippen LogP) is 10.5. The molecule has 45 heavy (non-hydrogen) atoms. The van der Waals surface area contributed by atoms with Crippen LogP contribution in [-0.2, 0) is 0 Å². The molecule has 2 aliphatic heterocycles. The highest BCUT2D eigenvalue weighted by atomic mass is 15.2. The second-order valence-electron chi connectivity index (χ2n) is 12.7. The molecule has 2 nitrogen and oxygen atoms in total. The summed E-state index contributed by atoms with van der Waals surface area (Å²) >= 11 is 0. The zero-order chi connectivity index (χ0) is 32.3. The van der Waals surface area contributed by atoms with Gasteiger partial charge in [0.05, 0.1) is 0 Å². The van der Waals surface area contributed by atoms with Crippen molar-refractivity contribution in [2.75, 3.05) is 13.1 Å². The molecule has 0 bridgehead atoms. The number of nitrogens with zero attached hydrogens (tertiary/aromatic N) is 1. The molecule has 1 N–H and O–H groups in total. The Morgan fingerprint density at radius 3 is 1.89 bits per heavy atom. The normalized spacial score (nSPS) is 25.4. The van der Waals surface area contributed by atoms with Crippen molar-refractivity contribution in [1.82, 2.24) is 10.2 Å². The van der Waals surface area contributed by atoms with Crippen LogP contribution in [0.25, 0.3) is 0 Å². The summed E-state index contributed by atoms with van der Waals surface area (Å²) in [6.07, 6.45) is 41.7. The van der Waals surface area contributed by atoms with Crippen molar-refractivity contribution in [3.05, 3.63) is 146 Å². The molecule has 0 amide bonds. The van der Waals surface area contributed by atoms with Crippen LogP contribution in [0.2, 0.25) is 0 Å². The number of likely N-dealkylation sites (tertiary alicyclic amines) is 1. The Hall–Kier alpha value is -3.30. The predicted molar refractivity (Wildman–Crippen MR) is 201 cm³/mol. The zero-order valence-electron chi connectivity index (χ0n) is 28.0. The van der Waals surface area contributed by atoms with Gasteiger partial charge in [0.25, 0.3) is 0 Å². The highest BCUT2D eigenvalue weighted by Crippen LogP contribution is 2.42. The minimum absolute atomic E-state index is 0.282. The summed E-state index contributed by atoms with van der Waals surface area (Å²) in [5.41, 5.74) is 6.19. The van der Waals surface area contributed by atoms with Crippen LogP contribution in [0.4, 0.5) is 0 Å². The second-order valence-corrected chi connectivity index (χ2v) is 12.7. The molecule has 1 aliphatic carbocycles. The standard InChI is InChI=1S/C42H58BN2/c1-7-13-25-35(23-10-4)44-36-26-19-17-16-18-20-28-37(29-21-27-36)45-32-22-24-34(33-45)42-38(30-14-8-2)40(11-5)43-41(12-6)39(42)31-15-9-3/h7-15,23,25,30-31,34,36-37,42,44H,1-6,16-22,24,26-29,32-33H2/b25-13-,30-14-,31-15-,35-23+. The molecular weight excluding hydrogens is 543 g/mol. The lowest BCUT2D eigenvalue weighted by Gasteiger charge is -2.44. The molecule has 2 heterocycles. The summed E-state index contributed by atoms with van der Waals surface area (Å²) in [6.45, 7) is 26.4. The van der Waals surface area contributed by atoms with Crippen molar-refractivity contribution < 1.29 is 0 Å². The molecule has 0 aromatic carbocycles. The summed E-state index contributed by atoms with van der Waals surface area (Å²) in [6, 6.07) is 1.12. The van der Waals surface area contributed by atoms with E-state index in [1.807, 2.05) is 42.5 Å². The van der Waals surface area contributed by atoms with E-state index < -0.39 is 0 Å². The zero-order valence-corrected chi connectivity index (χ0v) is 28.0. The lowest BCUT2D eigenvalue weighted by Crippen LogP contribution is -2.45. The molecule has 239 valence electrons. The van der Waals surface area contributed by atoms with Crippen molar-refractivity contribution >= 4 is 7.28 Å². The lowest BCUT2D eigenvalue weighted by molar-refractivity contribution is 0.0953. The molecule has 3 aliphatic rings. The number of piperidine rings is 1. The van der Waals surface area contributed by atoms with Crippen molar-refractivity contribution in [3.8, 4) is 0 Å². The summed E-state index contributed by atoms with van der Waals surface area (Å²) in [4.78, 5) is 2.86. The Bertz CT molecular complexity index is 1160. The van der Waals surface area contributed by atoms with Gasteiger partial charge in [-0.3, -0.25) is 0 Å². The maximum atomic E-state index is 4.19. The minimum Gasteiger partial charge on any atom is -0.382 e. The lowest BCUT2D eigenvalue weighted by atomic mass is 9.52. The van der Waals surface area contributed by atoms with Crippen LogP contribution in [0.15, 0.2) is 146 Å². The van der Waals surface area contributed by atoms with E-state index in [-0.39, 0.29) is 5.92 Å². The van der Waals surface area contributed by atoms with E-state index in [1.54, 1.807) is 0 Å². The van der Waals surface area contributed by atoms with Crippen molar-refractivity contribution in [2.45, 2.75) is 89.1 Å². The highest BCUT2D eigenvalue weighted by molar-refractivity contribution is 6.57. The van der Waals surface area contributed by atoms with Crippen LogP contribution < -0.4 is 5.32 Å². The Morgan fingerprint density at radius 2 is 1.27 bits per heavy atom. The van der Waals surface area contributed by atoms with Gasteiger partial charge < -0.3 is 10.2 Å². The van der Waals surface area contributed by atoms with Crippen LogP contribution >= 0.6 is 0 Å². The maximum Gasteiger partial charge on any atom is 0.192 e. The minimum atomic E-state index is 0.282. The van der Waals surface area contributed by atoms with Gasteiger partial charge in [-0.25, -0.2) is 0 Å². The summed E-state index contributed by atoms with van der Waals surface area (Å²) in [5, 5.41) is 3.84. The number of hydrogen-bond acceptors (Lipinski definition) is 2. The average Bonchev–Trinajstić information content (AvgIpc) is 3.06. The van der Waals surface area contributed by atoms with E-state index in [0.717, 1.165) is 12.2 Å². The Balaban J connectivity index is 1.84. The number of allylic oxidation sites excluding steroid dienone is 17. The summed E-state index contributed by atoms with van der Waals surface area (Å²) < 4.78 is 0. The van der Waals surface area contributed by atoms with Crippen molar-refractivity contribution in [2.24, 2.45) is 11.8 Å². The topological polar surface area (TPSA) is 15.3 Å². The molecule has 1 saturated heterocycles. The van der Waals surface area contributed by atoms with Gasteiger partial charge in [0.15, 0.2) is 7.28 Å². The Morgan fingerprint density at radius 1 is 0.667 bits per heavy atom. The molecule has 3 heteroatoms. The largest absolute Gasteiger partial charge is 0.382 e. The van der Waals surface area contributed by atoms with Gasteiger partial charge in [-0.05, 0) is 80.7 Å². The third-order valence-corrected chi connectivity index (χ3v) is 9.65. The Kier molecular flexibility index (Phi) is 16.6. The molecule has 1 saturated carbocycles. The third-order valence-electron chi connectivity index (χ3n) is 9.65. The number of hydrogen-bond donors (Lipinski definition) is 1. The molecule has 0 aromatic rings. The van der Waals surface area contributed by atoms with Gasteiger partial charge in [0.2, 0.25) is 0 Å². The van der Waals surface area contributed by atoms with Crippen LogP contribution in [0.1, 0.15) is 77.0 Å². The molecule has 3 unspecified atom stereocenters. The molecule has 0 spiro atoms. The van der Waals surface area contributed by atoms with Crippen molar-refractivity contribution in [3.63, 3.8) is 0 Å². The first-order valence-electron chi connectivity index (χ1n) is 17.4. The SMILES string of the molecule is C=C/C=C\C1=C(C=C)[B]C(C=C)=C(/C=C\C=C)C1C1CCCN(C2CCCCCCCC(NC(/C=C\C=C)=C/C=C)CCC2)C1. The third kappa shape index (κ3) is 11.2. The van der Waals surface area contributed by atoms with E-state index in [0.29, 0.717) is 18.0 Å². The van der Waals surface area contributed by atoms with Crippen LogP contribution in [-0.4, -0.2) is 37.4 Å². The van der Waals surface area contributed by atoms with E-state index in [1.165, 1.54) is 106 Å². The fourth-order valence-electron chi connectivity index (χ4n) is 7.49. The van der Waals surface area contributed by atoms with E-state index in [4.69, 9.17) is 0 Å². The van der Waals surface area contributed by atoms with Crippen LogP contribution in [0.3, 0.4) is 0 Å². The molecular formula is C42H58BN2. The van der Waals surface area contributed by atoms with E-state index >= 15 is 0 Å². The van der Waals surface area contributed by atoms with Gasteiger partial charge in [-0.2, -0.15) is 0 Å². The maximum absolute atomic E-state index is 4.19. The smallest absolute Gasteiger partial charge is 0.192 e. The second kappa shape index (κ2) is 20.7. The molecule has 3 rings (SSSR count). The van der Waals surface area contributed by atoms with Crippen LogP contribution in [0, 0.1) is 11.8 Å². The van der Waals surface area contributed by atoms with Gasteiger partial charge in [-0.1, -0.05) is 149 Å². The van der Waals surface area contributed by atoms with Crippen molar-refractivity contribution in [1.29, 1.82) is 0 Å². The summed E-state index contributed by atoms with van der Waals surface area (Å²) in [5.74, 6) is 0.801. The first-order valence-corrected chi connectivity index (χ1v) is 17.4. The quantitative estimate of drug-likeness (QED) is 0.167. The van der Waals surface area contributed by atoms with Gasteiger partial charge in [0.1, 0.15) is 0 Å². The fourth-order valence-corrected chi connectivity index (χ4v) is 7.49. The Labute approximate surface area is 277 Å². The van der Waals surface area contributed by atoms with E-state index in [2.05, 4.69) is 93.4 Å². The first kappa shape index (κ1) is 36.2. The van der Waals surface area contributed by atoms with Gasteiger partial charge in [-0.15, -0.1) is 0 Å². The molecule has 3 atom stereocenters. The monoisotopic (exact) mass is 601 g/mol. The van der Waals surface area contributed by atoms with E-state index in [9.17, 15) is 0 Å². The van der Waals surface area contributed by atoms with Crippen LogP contribution in [0.5, 0.6) is 0 Å². The summed E-state index contributed by atoms with van der Waals surface area (Å²) in [7, 11) is 2.24. The average molecular weight is 602 g/mol. The number of rotatable bonds is 13. The molecule has 1 radical (unpaired) electrons.